The summed E-state index contributed by atoms with van der Waals surface area (Å²) in [7, 11) is -2.95. The van der Waals surface area contributed by atoms with Gasteiger partial charge in [-0.3, -0.25) is 4.90 Å². The van der Waals surface area contributed by atoms with E-state index in [1.807, 2.05) is 32.0 Å². The molecule has 1 aromatic rings. The molecule has 20 heavy (non-hydrogen) atoms. The summed E-state index contributed by atoms with van der Waals surface area (Å²) in [6.07, 6.45) is 2.16. The summed E-state index contributed by atoms with van der Waals surface area (Å²) in [5, 5.41) is 0. The molecule has 3 nitrogen and oxygen atoms in total. The van der Waals surface area contributed by atoms with Gasteiger partial charge in [-0.25, -0.2) is 8.42 Å². The maximum absolute atomic E-state index is 12.0. The van der Waals surface area contributed by atoms with E-state index < -0.39 is 14.6 Å². The number of nitrogens with zero attached hydrogens (tertiary/aromatic N) is 1. The second-order valence-electron chi connectivity index (χ2n) is 6.19. The summed E-state index contributed by atoms with van der Waals surface area (Å²) in [6, 6.07) is 10.2. The van der Waals surface area contributed by atoms with Gasteiger partial charge in [-0.1, -0.05) is 42.0 Å². The zero-order chi connectivity index (χ0) is 14.8. The molecule has 0 atom stereocenters. The molecule has 1 fully saturated rings. The zero-order valence-corrected chi connectivity index (χ0v) is 13.3. The van der Waals surface area contributed by atoms with Crippen LogP contribution in [0.5, 0.6) is 0 Å². The Bertz CT molecular complexity index is 588. The van der Waals surface area contributed by atoms with Crippen LogP contribution in [-0.4, -0.2) is 43.5 Å². The number of rotatable bonds is 3. The average molecular weight is 293 g/mol. The summed E-state index contributed by atoms with van der Waals surface area (Å²) < 4.78 is 23.3. The number of benzene rings is 1. The van der Waals surface area contributed by atoms with E-state index in [0.29, 0.717) is 13.1 Å². The van der Waals surface area contributed by atoms with Gasteiger partial charge in [-0.15, -0.1) is 0 Å². The number of sulfone groups is 1. The van der Waals surface area contributed by atoms with Gasteiger partial charge in [0.15, 0.2) is 9.84 Å². The number of hydrogen-bond donors (Lipinski definition) is 0. The summed E-state index contributed by atoms with van der Waals surface area (Å²) in [5.74, 6) is 0.263. The van der Waals surface area contributed by atoms with Crippen molar-refractivity contribution in [2.45, 2.75) is 25.5 Å². The van der Waals surface area contributed by atoms with Crippen LogP contribution >= 0.6 is 0 Å². The highest BCUT2D eigenvalue weighted by atomic mass is 32.2. The highest BCUT2D eigenvalue weighted by molar-refractivity contribution is 7.92. The van der Waals surface area contributed by atoms with Gasteiger partial charge >= 0.3 is 0 Å². The van der Waals surface area contributed by atoms with Crippen molar-refractivity contribution in [1.29, 1.82) is 0 Å². The minimum Gasteiger partial charge on any atom is -0.297 e. The topological polar surface area (TPSA) is 37.4 Å². The molecule has 2 rings (SSSR count). The Labute approximate surface area is 122 Å². The molecule has 0 radical (unpaired) electrons. The van der Waals surface area contributed by atoms with E-state index in [9.17, 15) is 8.42 Å². The first-order valence-electron chi connectivity index (χ1n) is 6.97. The van der Waals surface area contributed by atoms with Crippen molar-refractivity contribution >= 4 is 15.9 Å². The van der Waals surface area contributed by atoms with Crippen LogP contribution in [0.4, 0.5) is 0 Å². The highest BCUT2D eigenvalue weighted by Crippen LogP contribution is 2.24. The van der Waals surface area contributed by atoms with Crippen molar-refractivity contribution in [3.63, 3.8) is 0 Å². The van der Waals surface area contributed by atoms with Crippen LogP contribution < -0.4 is 0 Å². The largest absolute Gasteiger partial charge is 0.297 e. The molecule has 0 aromatic heterocycles. The third kappa shape index (κ3) is 3.49. The smallest absolute Gasteiger partial charge is 0.157 e. The maximum atomic E-state index is 12.0. The Morgan fingerprint density at radius 1 is 1.30 bits per heavy atom. The molecule has 0 bridgehead atoms. The molecule has 0 unspecified atom stereocenters. The lowest BCUT2D eigenvalue weighted by Gasteiger charge is -2.37. The van der Waals surface area contributed by atoms with Gasteiger partial charge in [0.1, 0.15) is 0 Å². The third-order valence-electron chi connectivity index (χ3n) is 3.81. The van der Waals surface area contributed by atoms with Crippen LogP contribution in [0.1, 0.15) is 26.3 Å². The maximum Gasteiger partial charge on any atom is 0.157 e. The highest BCUT2D eigenvalue weighted by Gasteiger charge is 2.39. The van der Waals surface area contributed by atoms with E-state index in [0.717, 1.165) is 6.54 Å². The van der Waals surface area contributed by atoms with E-state index in [1.54, 1.807) is 0 Å². The van der Waals surface area contributed by atoms with E-state index in [2.05, 4.69) is 30.0 Å². The summed E-state index contributed by atoms with van der Waals surface area (Å²) in [6.45, 7) is 7.81. The fraction of sp³-hybridized carbons (Fsp3) is 0.500. The quantitative estimate of drug-likeness (QED) is 0.859. The standard InChI is InChI=1S/C16H23NO2S/c1-14(11-15-7-5-4-6-8-15)12-17-9-10-20(18,19)16(2,3)13-17/h4-8,11H,9-10,12-13H2,1-3H3. The van der Waals surface area contributed by atoms with Crippen molar-refractivity contribution in [1.82, 2.24) is 4.90 Å². The van der Waals surface area contributed by atoms with Crippen molar-refractivity contribution in [2.75, 3.05) is 25.4 Å². The molecular weight excluding hydrogens is 270 g/mol. The normalized spacial score (nSPS) is 22.6. The fourth-order valence-corrected chi connectivity index (χ4v) is 4.04. The lowest BCUT2D eigenvalue weighted by atomic mass is 10.1. The zero-order valence-electron chi connectivity index (χ0n) is 12.5. The predicted octanol–water partition coefficient (Wildman–Crippen LogP) is 2.60. The lowest BCUT2D eigenvalue weighted by molar-refractivity contribution is 0.269. The second-order valence-corrected chi connectivity index (χ2v) is 8.93. The van der Waals surface area contributed by atoms with Crippen LogP contribution in [0.3, 0.4) is 0 Å². The van der Waals surface area contributed by atoms with Crippen LogP contribution in [0.25, 0.3) is 6.08 Å². The minimum absolute atomic E-state index is 0.263. The average Bonchev–Trinajstić information content (AvgIpc) is 2.35. The van der Waals surface area contributed by atoms with Gasteiger partial charge in [0.05, 0.1) is 10.5 Å². The Morgan fingerprint density at radius 2 is 1.95 bits per heavy atom. The first kappa shape index (κ1) is 15.3. The van der Waals surface area contributed by atoms with Crippen molar-refractivity contribution in [3.05, 3.63) is 41.5 Å². The third-order valence-corrected chi connectivity index (χ3v) is 6.34. The Hall–Kier alpha value is -1.13. The summed E-state index contributed by atoms with van der Waals surface area (Å²) in [5.41, 5.74) is 2.44. The summed E-state index contributed by atoms with van der Waals surface area (Å²) in [4.78, 5) is 2.23. The van der Waals surface area contributed by atoms with Gasteiger partial charge in [-0.05, 0) is 26.3 Å². The van der Waals surface area contributed by atoms with E-state index in [1.165, 1.54) is 11.1 Å². The van der Waals surface area contributed by atoms with Gasteiger partial charge in [0, 0.05) is 19.6 Å². The van der Waals surface area contributed by atoms with Gasteiger partial charge in [0.2, 0.25) is 0 Å². The SMILES string of the molecule is CC(=Cc1ccccc1)CN1CCS(=O)(=O)C(C)(C)C1. The van der Waals surface area contributed by atoms with Gasteiger partial charge in [0.25, 0.3) is 0 Å². The number of hydrogen-bond acceptors (Lipinski definition) is 3. The van der Waals surface area contributed by atoms with Crippen molar-refractivity contribution < 1.29 is 8.42 Å². The van der Waals surface area contributed by atoms with Crippen LogP contribution in [0.2, 0.25) is 0 Å². The van der Waals surface area contributed by atoms with Crippen LogP contribution in [0, 0.1) is 0 Å². The summed E-state index contributed by atoms with van der Waals surface area (Å²) >= 11 is 0. The van der Waals surface area contributed by atoms with E-state index in [-0.39, 0.29) is 5.75 Å². The first-order valence-corrected chi connectivity index (χ1v) is 8.62. The molecule has 110 valence electrons. The molecule has 4 heteroatoms. The minimum atomic E-state index is -2.95. The molecule has 1 aliphatic heterocycles. The molecular formula is C16H23NO2S. The first-order chi connectivity index (χ1) is 9.30. The van der Waals surface area contributed by atoms with Crippen LogP contribution in [0.15, 0.2) is 35.9 Å². The van der Waals surface area contributed by atoms with Gasteiger partial charge < -0.3 is 0 Å². The van der Waals surface area contributed by atoms with Crippen molar-refractivity contribution in [2.24, 2.45) is 0 Å². The molecule has 1 heterocycles. The van der Waals surface area contributed by atoms with Gasteiger partial charge in [-0.2, -0.15) is 0 Å². The molecule has 1 aromatic carbocycles. The second kappa shape index (κ2) is 5.70. The molecule has 0 aliphatic carbocycles. The molecule has 0 amide bonds. The molecule has 1 aliphatic rings. The molecule has 0 spiro atoms. The molecule has 0 N–H and O–H groups in total. The lowest BCUT2D eigenvalue weighted by Crippen LogP contribution is -2.53. The van der Waals surface area contributed by atoms with E-state index >= 15 is 0 Å². The molecule has 0 saturated carbocycles. The molecule has 1 saturated heterocycles. The monoisotopic (exact) mass is 293 g/mol. The van der Waals surface area contributed by atoms with Crippen molar-refractivity contribution in [3.8, 4) is 0 Å². The predicted molar refractivity (Wildman–Crippen MR) is 84.4 cm³/mol. The Kier molecular flexibility index (Phi) is 4.35. The van der Waals surface area contributed by atoms with Crippen LogP contribution in [-0.2, 0) is 9.84 Å². The fourth-order valence-electron chi connectivity index (χ4n) is 2.61. The Balaban J connectivity index is 2.03. The van der Waals surface area contributed by atoms with E-state index in [4.69, 9.17) is 0 Å². The Morgan fingerprint density at radius 3 is 2.55 bits per heavy atom.